The van der Waals surface area contributed by atoms with Gasteiger partial charge in [-0.3, -0.25) is 4.98 Å². The summed E-state index contributed by atoms with van der Waals surface area (Å²) in [6.07, 6.45) is 1.89. The van der Waals surface area contributed by atoms with E-state index in [2.05, 4.69) is 4.98 Å². The quantitative estimate of drug-likeness (QED) is 0.712. The molecule has 2 unspecified atom stereocenters. The third-order valence-electron chi connectivity index (χ3n) is 1.62. The lowest BCUT2D eigenvalue weighted by Crippen LogP contribution is -2.26. The minimum atomic E-state index is -0.549. The van der Waals surface area contributed by atoms with Crippen LogP contribution in [0, 0.1) is 0 Å². The van der Waals surface area contributed by atoms with Crippen LogP contribution in [-0.4, -0.2) is 16.1 Å². The Labute approximate surface area is 69.9 Å². The van der Waals surface area contributed by atoms with E-state index in [1.165, 1.54) is 11.3 Å². The Hall–Kier alpha value is -0.450. The molecule has 1 heterocycles. The molecule has 0 bridgehead atoms. The van der Waals surface area contributed by atoms with Crippen LogP contribution in [0.2, 0.25) is 0 Å². The minimum Gasteiger partial charge on any atom is -0.386 e. The maximum absolute atomic E-state index is 9.52. The van der Waals surface area contributed by atoms with Gasteiger partial charge in [0.05, 0.1) is 10.4 Å². The molecule has 1 rings (SSSR count). The van der Waals surface area contributed by atoms with Gasteiger partial charge in [-0.2, -0.15) is 0 Å². The molecule has 0 radical (unpaired) electrons. The number of aliphatic hydroxyl groups is 1. The third-order valence-corrected chi connectivity index (χ3v) is 2.47. The first kappa shape index (κ1) is 8.64. The largest absolute Gasteiger partial charge is 0.386 e. The molecule has 62 valence electrons. The van der Waals surface area contributed by atoms with Gasteiger partial charge in [-0.05, 0) is 6.42 Å². The fourth-order valence-electron chi connectivity index (χ4n) is 0.806. The van der Waals surface area contributed by atoms with Crippen molar-refractivity contribution in [2.24, 2.45) is 5.73 Å². The Morgan fingerprint density at radius 1 is 1.82 bits per heavy atom. The van der Waals surface area contributed by atoms with Gasteiger partial charge in [0, 0.05) is 12.2 Å². The molecule has 0 aliphatic carbocycles. The number of nitrogens with two attached hydrogens (primary N) is 1. The lowest BCUT2D eigenvalue weighted by atomic mass is 10.1. The molecule has 1 aromatic rings. The maximum atomic E-state index is 9.52. The number of thiazole rings is 1. The van der Waals surface area contributed by atoms with Crippen LogP contribution in [0.5, 0.6) is 0 Å². The van der Waals surface area contributed by atoms with E-state index in [1.807, 2.05) is 6.92 Å². The van der Waals surface area contributed by atoms with Crippen molar-refractivity contribution < 1.29 is 5.11 Å². The molecular formula is C7H12N2OS. The van der Waals surface area contributed by atoms with E-state index in [0.717, 1.165) is 11.3 Å². The van der Waals surface area contributed by atoms with Crippen molar-refractivity contribution in [3.8, 4) is 0 Å². The lowest BCUT2D eigenvalue weighted by molar-refractivity contribution is 0.148. The first-order valence-electron chi connectivity index (χ1n) is 3.57. The number of aromatic nitrogens is 1. The van der Waals surface area contributed by atoms with E-state index in [4.69, 9.17) is 5.73 Å². The van der Waals surface area contributed by atoms with Gasteiger partial charge >= 0.3 is 0 Å². The third kappa shape index (κ3) is 1.99. The topological polar surface area (TPSA) is 59.1 Å². The van der Waals surface area contributed by atoms with Crippen molar-refractivity contribution >= 4 is 11.3 Å². The van der Waals surface area contributed by atoms with E-state index in [0.29, 0.717) is 0 Å². The average molecular weight is 172 g/mol. The SMILES string of the molecule is CCC(N)C(O)c1cncs1. The van der Waals surface area contributed by atoms with Crippen molar-refractivity contribution in [3.05, 3.63) is 16.6 Å². The van der Waals surface area contributed by atoms with Crippen LogP contribution in [0.25, 0.3) is 0 Å². The Morgan fingerprint density at radius 3 is 3.00 bits per heavy atom. The number of nitrogens with zero attached hydrogens (tertiary/aromatic N) is 1. The first-order chi connectivity index (χ1) is 5.25. The Kier molecular flexibility index (Phi) is 2.99. The average Bonchev–Trinajstić information content (AvgIpc) is 2.53. The molecule has 0 fully saturated rings. The summed E-state index contributed by atoms with van der Waals surface area (Å²) in [5.41, 5.74) is 7.33. The minimum absolute atomic E-state index is 0.171. The van der Waals surface area contributed by atoms with Crippen LogP contribution in [0.3, 0.4) is 0 Å². The first-order valence-corrected chi connectivity index (χ1v) is 4.45. The van der Waals surface area contributed by atoms with Crippen LogP contribution in [-0.2, 0) is 0 Å². The highest BCUT2D eigenvalue weighted by Crippen LogP contribution is 2.20. The second-order valence-electron chi connectivity index (χ2n) is 2.42. The Bertz CT molecular complexity index is 200. The van der Waals surface area contributed by atoms with E-state index in [-0.39, 0.29) is 6.04 Å². The number of hydrogen-bond acceptors (Lipinski definition) is 4. The second-order valence-corrected chi connectivity index (χ2v) is 3.34. The summed E-state index contributed by atoms with van der Waals surface area (Å²) in [4.78, 5) is 4.71. The summed E-state index contributed by atoms with van der Waals surface area (Å²) < 4.78 is 0. The van der Waals surface area contributed by atoms with Gasteiger partial charge in [0.25, 0.3) is 0 Å². The van der Waals surface area contributed by atoms with E-state index in [1.54, 1.807) is 11.7 Å². The molecule has 0 amide bonds. The normalized spacial score (nSPS) is 16.3. The molecule has 0 spiro atoms. The van der Waals surface area contributed by atoms with Crippen LogP contribution in [0.15, 0.2) is 11.7 Å². The van der Waals surface area contributed by atoms with Crippen molar-refractivity contribution in [1.82, 2.24) is 4.98 Å². The highest BCUT2D eigenvalue weighted by Gasteiger charge is 2.15. The fourth-order valence-corrected chi connectivity index (χ4v) is 1.49. The van der Waals surface area contributed by atoms with Gasteiger partial charge in [0.2, 0.25) is 0 Å². The highest BCUT2D eigenvalue weighted by molar-refractivity contribution is 7.09. The number of rotatable bonds is 3. The summed E-state index contributed by atoms with van der Waals surface area (Å²) in [5.74, 6) is 0. The van der Waals surface area contributed by atoms with Gasteiger partial charge in [0.1, 0.15) is 6.10 Å². The summed E-state index contributed by atoms with van der Waals surface area (Å²) in [6, 6.07) is -0.171. The molecule has 4 heteroatoms. The molecule has 0 aliphatic rings. The zero-order valence-corrected chi connectivity index (χ0v) is 7.21. The maximum Gasteiger partial charge on any atom is 0.105 e. The molecule has 3 nitrogen and oxygen atoms in total. The molecule has 0 aliphatic heterocycles. The summed E-state index contributed by atoms with van der Waals surface area (Å²) in [7, 11) is 0. The summed E-state index contributed by atoms with van der Waals surface area (Å²) in [6.45, 7) is 1.95. The van der Waals surface area contributed by atoms with Crippen LogP contribution >= 0.6 is 11.3 Å². The Morgan fingerprint density at radius 2 is 2.55 bits per heavy atom. The molecular weight excluding hydrogens is 160 g/mol. The molecule has 11 heavy (non-hydrogen) atoms. The van der Waals surface area contributed by atoms with Crippen LogP contribution in [0.4, 0.5) is 0 Å². The lowest BCUT2D eigenvalue weighted by Gasteiger charge is -2.14. The predicted molar refractivity (Wildman–Crippen MR) is 45.3 cm³/mol. The monoisotopic (exact) mass is 172 g/mol. The zero-order chi connectivity index (χ0) is 8.27. The van der Waals surface area contributed by atoms with Crippen LogP contribution in [0.1, 0.15) is 24.3 Å². The van der Waals surface area contributed by atoms with Gasteiger partial charge in [-0.1, -0.05) is 6.92 Å². The second kappa shape index (κ2) is 3.80. The summed E-state index contributed by atoms with van der Waals surface area (Å²) >= 11 is 1.43. The van der Waals surface area contributed by atoms with Gasteiger partial charge in [-0.15, -0.1) is 11.3 Å². The molecule has 0 saturated carbocycles. The van der Waals surface area contributed by atoms with Crippen molar-refractivity contribution in [3.63, 3.8) is 0 Å². The van der Waals surface area contributed by atoms with Gasteiger partial charge in [0.15, 0.2) is 0 Å². The van der Waals surface area contributed by atoms with Crippen LogP contribution < -0.4 is 5.73 Å². The highest BCUT2D eigenvalue weighted by atomic mass is 32.1. The number of aliphatic hydroxyl groups excluding tert-OH is 1. The molecule has 2 atom stereocenters. The Balaban J connectivity index is 2.62. The molecule has 1 aromatic heterocycles. The van der Waals surface area contributed by atoms with Gasteiger partial charge < -0.3 is 10.8 Å². The zero-order valence-electron chi connectivity index (χ0n) is 6.40. The predicted octanol–water partition coefficient (Wildman–Crippen LogP) is 0.914. The number of hydrogen-bond donors (Lipinski definition) is 2. The smallest absolute Gasteiger partial charge is 0.105 e. The molecule has 0 saturated heterocycles. The standard InChI is InChI=1S/C7H12N2OS/c1-2-5(8)7(10)6-3-9-4-11-6/h3-5,7,10H,2,8H2,1H3. The van der Waals surface area contributed by atoms with E-state index >= 15 is 0 Å². The summed E-state index contributed by atoms with van der Waals surface area (Å²) in [5, 5.41) is 9.52. The molecule has 0 aromatic carbocycles. The van der Waals surface area contributed by atoms with E-state index in [9.17, 15) is 5.11 Å². The van der Waals surface area contributed by atoms with Crippen molar-refractivity contribution in [2.75, 3.05) is 0 Å². The molecule has 3 N–H and O–H groups in total. The fraction of sp³-hybridized carbons (Fsp3) is 0.571. The van der Waals surface area contributed by atoms with E-state index < -0.39 is 6.10 Å². The van der Waals surface area contributed by atoms with Gasteiger partial charge in [-0.25, -0.2) is 0 Å². The van der Waals surface area contributed by atoms with Crippen molar-refractivity contribution in [2.45, 2.75) is 25.5 Å². The van der Waals surface area contributed by atoms with Crippen molar-refractivity contribution in [1.29, 1.82) is 0 Å².